The number of nitrogens with zero attached hydrogens (tertiary/aromatic N) is 2. The van der Waals surface area contributed by atoms with Crippen LogP contribution in [0.4, 0.5) is 5.69 Å². The zero-order valence-electron chi connectivity index (χ0n) is 12.8. The number of rotatable bonds is 4. The lowest BCUT2D eigenvalue weighted by atomic mass is 10.1. The highest BCUT2D eigenvalue weighted by atomic mass is 16.2. The van der Waals surface area contributed by atoms with Crippen LogP contribution < -0.4 is 10.2 Å². The summed E-state index contributed by atoms with van der Waals surface area (Å²) in [4.78, 5) is 27.4. The molecule has 1 aliphatic rings. The second-order valence-corrected chi connectivity index (χ2v) is 5.30. The van der Waals surface area contributed by atoms with Crippen molar-refractivity contribution in [1.82, 2.24) is 10.2 Å². The van der Waals surface area contributed by atoms with Crippen LogP contribution in [0.3, 0.4) is 0 Å². The molecule has 0 bridgehead atoms. The maximum atomic E-state index is 12.0. The van der Waals surface area contributed by atoms with E-state index in [1.807, 2.05) is 36.1 Å². The minimum atomic E-state index is -0.0268. The molecule has 0 atom stereocenters. The molecule has 0 radical (unpaired) electrons. The normalized spacial score (nSPS) is 15.0. The van der Waals surface area contributed by atoms with Gasteiger partial charge in [0.15, 0.2) is 0 Å². The van der Waals surface area contributed by atoms with Crippen molar-refractivity contribution < 1.29 is 9.59 Å². The summed E-state index contributed by atoms with van der Waals surface area (Å²) in [6, 6.07) is 7.68. The molecule has 5 nitrogen and oxygen atoms in total. The lowest BCUT2D eigenvalue weighted by Gasteiger charge is -2.35. The predicted octanol–water partition coefficient (Wildman–Crippen LogP) is 1.49. The molecule has 0 spiro atoms. The molecule has 2 rings (SSSR count). The van der Waals surface area contributed by atoms with Gasteiger partial charge in [0.05, 0.1) is 0 Å². The minimum absolute atomic E-state index is 0.0268. The third-order valence-corrected chi connectivity index (χ3v) is 3.73. The SMILES string of the molecule is CCCNC(=O)c1cccc(N2CCN(C(C)=O)CC2)c1. The van der Waals surface area contributed by atoms with Crippen LogP contribution in [0.5, 0.6) is 0 Å². The monoisotopic (exact) mass is 289 g/mol. The molecule has 0 unspecified atom stereocenters. The lowest BCUT2D eigenvalue weighted by molar-refractivity contribution is -0.129. The number of nitrogens with one attached hydrogen (secondary N) is 1. The first-order valence-corrected chi connectivity index (χ1v) is 7.50. The molecule has 0 aliphatic carbocycles. The Morgan fingerprint density at radius 1 is 1.19 bits per heavy atom. The Balaban J connectivity index is 2.01. The second kappa shape index (κ2) is 7.11. The Morgan fingerprint density at radius 3 is 2.52 bits per heavy atom. The second-order valence-electron chi connectivity index (χ2n) is 5.30. The van der Waals surface area contributed by atoms with Gasteiger partial charge in [0, 0.05) is 50.9 Å². The molecule has 1 aromatic rings. The number of anilines is 1. The molecule has 2 amide bonds. The fourth-order valence-corrected chi connectivity index (χ4v) is 2.46. The highest BCUT2D eigenvalue weighted by Gasteiger charge is 2.19. The summed E-state index contributed by atoms with van der Waals surface area (Å²) in [6.07, 6.45) is 0.929. The fourth-order valence-electron chi connectivity index (χ4n) is 2.46. The van der Waals surface area contributed by atoms with Crippen molar-refractivity contribution in [2.75, 3.05) is 37.6 Å². The van der Waals surface area contributed by atoms with Gasteiger partial charge in [-0.3, -0.25) is 9.59 Å². The number of hydrogen-bond donors (Lipinski definition) is 1. The summed E-state index contributed by atoms with van der Waals surface area (Å²) in [5.74, 6) is 0.100. The van der Waals surface area contributed by atoms with Crippen LogP contribution in [-0.4, -0.2) is 49.4 Å². The summed E-state index contributed by atoms with van der Waals surface area (Å²) in [5, 5.41) is 2.89. The largest absolute Gasteiger partial charge is 0.368 e. The van der Waals surface area contributed by atoms with Crippen molar-refractivity contribution in [3.05, 3.63) is 29.8 Å². The van der Waals surface area contributed by atoms with Crippen LogP contribution in [0.25, 0.3) is 0 Å². The molecule has 5 heteroatoms. The topological polar surface area (TPSA) is 52.7 Å². The summed E-state index contributed by atoms with van der Waals surface area (Å²) in [6.45, 7) is 7.42. The molecule has 1 heterocycles. The van der Waals surface area contributed by atoms with Gasteiger partial charge in [0.25, 0.3) is 5.91 Å². The van der Waals surface area contributed by atoms with E-state index < -0.39 is 0 Å². The van der Waals surface area contributed by atoms with Crippen LogP contribution in [0.2, 0.25) is 0 Å². The van der Waals surface area contributed by atoms with Crippen LogP contribution in [0.1, 0.15) is 30.6 Å². The zero-order valence-corrected chi connectivity index (χ0v) is 12.8. The van der Waals surface area contributed by atoms with Gasteiger partial charge in [-0.25, -0.2) is 0 Å². The van der Waals surface area contributed by atoms with Gasteiger partial charge in [-0.1, -0.05) is 13.0 Å². The van der Waals surface area contributed by atoms with E-state index in [2.05, 4.69) is 10.2 Å². The average Bonchev–Trinajstić information content (AvgIpc) is 2.52. The van der Waals surface area contributed by atoms with Crippen molar-refractivity contribution in [2.24, 2.45) is 0 Å². The van der Waals surface area contributed by atoms with Crippen molar-refractivity contribution >= 4 is 17.5 Å². The van der Waals surface area contributed by atoms with E-state index in [-0.39, 0.29) is 11.8 Å². The Hall–Kier alpha value is -2.04. The summed E-state index contributed by atoms with van der Waals surface area (Å²) >= 11 is 0. The predicted molar refractivity (Wildman–Crippen MR) is 83.5 cm³/mol. The van der Waals surface area contributed by atoms with Crippen LogP contribution in [0, 0.1) is 0 Å². The van der Waals surface area contributed by atoms with Gasteiger partial charge in [0.2, 0.25) is 5.91 Å². The Morgan fingerprint density at radius 2 is 1.90 bits per heavy atom. The van der Waals surface area contributed by atoms with E-state index in [0.29, 0.717) is 12.1 Å². The molecule has 1 aromatic carbocycles. The third kappa shape index (κ3) is 3.97. The van der Waals surface area contributed by atoms with Crippen LogP contribution in [-0.2, 0) is 4.79 Å². The first-order chi connectivity index (χ1) is 10.1. The molecule has 0 saturated carbocycles. The molecule has 1 saturated heterocycles. The number of carbonyl (C=O) groups excluding carboxylic acids is 2. The Bertz CT molecular complexity index is 508. The zero-order chi connectivity index (χ0) is 15.2. The minimum Gasteiger partial charge on any atom is -0.368 e. The molecule has 1 N–H and O–H groups in total. The Labute approximate surface area is 125 Å². The Kier molecular flexibility index (Phi) is 5.20. The van der Waals surface area contributed by atoms with Gasteiger partial charge in [-0.15, -0.1) is 0 Å². The fraction of sp³-hybridized carbons (Fsp3) is 0.500. The van der Waals surface area contributed by atoms with Gasteiger partial charge in [-0.05, 0) is 24.6 Å². The van der Waals surface area contributed by atoms with E-state index in [4.69, 9.17) is 0 Å². The van der Waals surface area contributed by atoms with E-state index in [1.165, 1.54) is 0 Å². The molecular formula is C16H23N3O2. The summed E-state index contributed by atoms with van der Waals surface area (Å²) in [5.41, 5.74) is 1.73. The molecule has 21 heavy (non-hydrogen) atoms. The number of hydrogen-bond acceptors (Lipinski definition) is 3. The molecule has 1 fully saturated rings. The van der Waals surface area contributed by atoms with Crippen molar-refractivity contribution in [3.63, 3.8) is 0 Å². The summed E-state index contributed by atoms with van der Waals surface area (Å²) in [7, 11) is 0. The maximum Gasteiger partial charge on any atom is 0.251 e. The number of carbonyl (C=O) groups is 2. The standard InChI is InChI=1S/C16H23N3O2/c1-3-7-17-16(21)14-5-4-6-15(12-14)19-10-8-18(9-11-19)13(2)20/h4-6,12H,3,7-11H2,1-2H3,(H,17,21). The first kappa shape index (κ1) is 15.4. The van der Waals surface area contributed by atoms with Gasteiger partial charge >= 0.3 is 0 Å². The first-order valence-electron chi connectivity index (χ1n) is 7.50. The van der Waals surface area contributed by atoms with Crippen molar-refractivity contribution in [2.45, 2.75) is 20.3 Å². The lowest BCUT2D eigenvalue weighted by Crippen LogP contribution is -2.48. The molecular weight excluding hydrogens is 266 g/mol. The number of amides is 2. The van der Waals surface area contributed by atoms with Crippen molar-refractivity contribution in [1.29, 1.82) is 0 Å². The third-order valence-electron chi connectivity index (χ3n) is 3.73. The van der Waals surface area contributed by atoms with Crippen LogP contribution >= 0.6 is 0 Å². The highest BCUT2D eigenvalue weighted by Crippen LogP contribution is 2.18. The van der Waals surface area contributed by atoms with Gasteiger partial charge in [-0.2, -0.15) is 0 Å². The highest BCUT2D eigenvalue weighted by molar-refractivity contribution is 5.95. The van der Waals surface area contributed by atoms with E-state index in [9.17, 15) is 9.59 Å². The maximum absolute atomic E-state index is 12.0. The number of piperazine rings is 1. The van der Waals surface area contributed by atoms with Gasteiger partial charge < -0.3 is 15.1 Å². The average molecular weight is 289 g/mol. The summed E-state index contributed by atoms with van der Waals surface area (Å²) < 4.78 is 0. The molecule has 0 aromatic heterocycles. The van der Waals surface area contributed by atoms with Crippen LogP contribution in [0.15, 0.2) is 24.3 Å². The molecule has 114 valence electrons. The van der Waals surface area contributed by atoms with Gasteiger partial charge in [0.1, 0.15) is 0 Å². The van der Waals surface area contributed by atoms with E-state index >= 15 is 0 Å². The quantitative estimate of drug-likeness (QED) is 0.914. The molecule has 1 aliphatic heterocycles. The number of benzene rings is 1. The smallest absolute Gasteiger partial charge is 0.251 e. The van der Waals surface area contributed by atoms with E-state index in [0.717, 1.165) is 38.3 Å². The van der Waals surface area contributed by atoms with E-state index in [1.54, 1.807) is 6.92 Å². The van der Waals surface area contributed by atoms with Crippen molar-refractivity contribution in [3.8, 4) is 0 Å².